The van der Waals surface area contributed by atoms with Gasteiger partial charge in [-0.1, -0.05) is 57.3 Å². The Hall–Kier alpha value is -2.05. The summed E-state index contributed by atoms with van der Waals surface area (Å²) in [5.74, 6) is 1.72. The van der Waals surface area contributed by atoms with Crippen LogP contribution in [0.3, 0.4) is 0 Å². The molecule has 4 rings (SSSR count). The SMILES string of the molecule is Clc1ccc(COc2ccc(Br)cc2CNCc2nc3ccccc3[nH]2)cc1Cl. The van der Waals surface area contributed by atoms with Crippen LogP contribution < -0.4 is 10.1 Å². The molecule has 0 radical (unpaired) electrons. The molecule has 0 unspecified atom stereocenters. The zero-order chi connectivity index (χ0) is 20.2. The van der Waals surface area contributed by atoms with E-state index in [1.54, 1.807) is 6.07 Å². The fourth-order valence-corrected chi connectivity index (χ4v) is 3.75. The van der Waals surface area contributed by atoms with Crippen molar-refractivity contribution in [3.05, 3.63) is 92.1 Å². The van der Waals surface area contributed by atoms with Gasteiger partial charge >= 0.3 is 0 Å². The molecule has 148 valence electrons. The number of hydrogen-bond acceptors (Lipinski definition) is 3. The van der Waals surface area contributed by atoms with Crippen molar-refractivity contribution in [1.82, 2.24) is 15.3 Å². The number of benzene rings is 3. The lowest BCUT2D eigenvalue weighted by Gasteiger charge is -2.13. The lowest BCUT2D eigenvalue weighted by molar-refractivity contribution is 0.302. The van der Waals surface area contributed by atoms with Gasteiger partial charge in [-0.25, -0.2) is 4.98 Å². The molecule has 0 aliphatic carbocycles. The number of rotatable bonds is 7. The molecule has 7 heteroatoms. The van der Waals surface area contributed by atoms with Crippen LogP contribution in [0.25, 0.3) is 11.0 Å². The highest BCUT2D eigenvalue weighted by molar-refractivity contribution is 9.10. The average Bonchev–Trinajstić information content (AvgIpc) is 3.13. The zero-order valence-corrected chi connectivity index (χ0v) is 18.5. The summed E-state index contributed by atoms with van der Waals surface area (Å²) < 4.78 is 7.04. The van der Waals surface area contributed by atoms with Gasteiger partial charge in [0.25, 0.3) is 0 Å². The standard InChI is InChI=1S/C22H18BrCl2N3O/c23-16-6-8-21(29-13-14-5-7-17(24)18(25)9-14)15(10-16)11-26-12-22-27-19-3-1-2-4-20(19)28-22/h1-10,26H,11-13H2,(H,27,28). The van der Waals surface area contributed by atoms with E-state index in [2.05, 4.69) is 37.3 Å². The van der Waals surface area contributed by atoms with Gasteiger partial charge < -0.3 is 15.0 Å². The van der Waals surface area contributed by atoms with Crippen LogP contribution in [0.5, 0.6) is 5.75 Å². The van der Waals surface area contributed by atoms with E-state index in [1.807, 2.05) is 48.5 Å². The number of aromatic nitrogens is 2. The summed E-state index contributed by atoms with van der Waals surface area (Å²) in [6.45, 7) is 1.69. The maximum Gasteiger partial charge on any atom is 0.124 e. The van der Waals surface area contributed by atoms with Gasteiger partial charge in [0.05, 0.1) is 27.6 Å². The van der Waals surface area contributed by atoms with Gasteiger partial charge in [-0.2, -0.15) is 0 Å². The topological polar surface area (TPSA) is 49.9 Å². The van der Waals surface area contributed by atoms with Crippen LogP contribution >= 0.6 is 39.1 Å². The summed E-state index contributed by atoms with van der Waals surface area (Å²) in [6.07, 6.45) is 0. The lowest BCUT2D eigenvalue weighted by Crippen LogP contribution is -2.14. The molecule has 0 spiro atoms. The predicted molar refractivity (Wildman–Crippen MR) is 122 cm³/mol. The number of hydrogen-bond donors (Lipinski definition) is 2. The number of fused-ring (bicyclic) bond motifs is 1. The van der Waals surface area contributed by atoms with Crippen molar-refractivity contribution >= 4 is 50.2 Å². The number of nitrogens with zero attached hydrogens (tertiary/aromatic N) is 1. The highest BCUT2D eigenvalue weighted by Crippen LogP contribution is 2.26. The third-order valence-corrected chi connectivity index (χ3v) is 5.68. The minimum atomic E-state index is 0.412. The van der Waals surface area contributed by atoms with E-state index in [9.17, 15) is 0 Å². The van der Waals surface area contributed by atoms with Gasteiger partial charge in [0.2, 0.25) is 0 Å². The van der Waals surface area contributed by atoms with E-state index in [1.165, 1.54) is 0 Å². The van der Waals surface area contributed by atoms with Crippen molar-refractivity contribution in [3.8, 4) is 5.75 Å². The Balaban J connectivity index is 1.41. The third kappa shape index (κ3) is 5.11. The van der Waals surface area contributed by atoms with Crippen molar-refractivity contribution in [2.45, 2.75) is 19.7 Å². The molecule has 3 aromatic carbocycles. The van der Waals surface area contributed by atoms with E-state index in [-0.39, 0.29) is 0 Å². The third-order valence-electron chi connectivity index (χ3n) is 4.45. The molecule has 4 aromatic rings. The monoisotopic (exact) mass is 489 g/mol. The quantitative estimate of drug-likeness (QED) is 0.310. The van der Waals surface area contributed by atoms with Crippen LogP contribution in [0.2, 0.25) is 10.0 Å². The maximum atomic E-state index is 6.09. The van der Waals surface area contributed by atoms with E-state index in [4.69, 9.17) is 27.9 Å². The van der Waals surface area contributed by atoms with Crippen LogP contribution in [0.4, 0.5) is 0 Å². The highest BCUT2D eigenvalue weighted by atomic mass is 79.9. The van der Waals surface area contributed by atoms with Crippen LogP contribution in [-0.4, -0.2) is 9.97 Å². The molecule has 0 aliphatic heterocycles. The number of para-hydroxylation sites is 2. The first-order valence-corrected chi connectivity index (χ1v) is 10.6. The normalized spacial score (nSPS) is 11.1. The van der Waals surface area contributed by atoms with Crippen molar-refractivity contribution in [2.24, 2.45) is 0 Å². The molecule has 0 bridgehead atoms. The second kappa shape index (κ2) is 9.18. The van der Waals surface area contributed by atoms with Crippen molar-refractivity contribution < 1.29 is 4.74 Å². The Morgan fingerprint density at radius 3 is 2.66 bits per heavy atom. The fourth-order valence-electron chi connectivity index (χ4n) is 3.02. The van der Waals surface area contributed by atoms with Crippen LogP contribution in [0.1, 0.15) is 17.0 Å². The van der Waals surface area contributed by atoms with E-state index < -0.39 is 0 Å². The van der Waals surface area contributed by atoms with Crippen molar-refractivity contribution in [3.63, 3.8) is 0 Å². The van der Waals surface area contributed by atoms with Gasteiger partial charge in [-0.3, -0.25) is 0 Å². The number of halogens is 3. The molecule has 0 saturated carbocycles. The Kier molecular flexibility index (Phi) is 6.40. The Morgan fingerprint density at radius 1 is 0.966 bits per heavy atom. The summed E-state index contributed by atoms with van der Waals surface area (Å²) in [7, 11) is 0. The second-order valence-electron chi connectivity index (χ2n) is 6.59. The average molecular weight is 491 g/mol. The molecule has 0 fully saturated rings. The summed E-state index contributed by atoms with van der Waals surface area (Å²) in [6, 6.07) is 19.5. The molecule has 1 heterocycles. The number of aromatic amines is 1. The van der Waals surface area contributed by atoms with Crippen LogP contribution in [0, 0.1) is 0 Å². The highest BCUT2D eigenvalue weighted by Gasteiger charge is 2.08. The molecule has 0 atom stereocenters. The fraction of sp³-hybridized carbons (Fsp3) is 0.136. The molecule has 29 heavy (non-hydrogen) atoms. The van der Waals surface area contributed by atoms with Crippen LogP contribution in [-0.2, 0) is 19.7 Å². The first-order valence-electron chi connectivity index (χ1n) is 9.08. The van der Waals surface area contributed by atoms with Gasteiger partial charge in [-0.05, 0) is 48.0 Å². The minimum Gasteiger partial charge on any atom is -0.489 e. The second-order valence-corrected chi connectivity index (χ2v) is 8.32. The van der Waals surface area contributed by atoms with E-state index in [0.29, 0.717) is 29.7 Å². The Morgan fingerprint density at radius 2 is 1.83 bits per heavy atom. The molecular formula is C22H18BrCl2N3O. The predicted octanol–water partition coefficient (Wildman–Crippen LogP) is 6.50. The molecule has 0 saturated heterocycles. The van der Waals surface area contributed by atoms with Gasteiger partial charge in [0, 0.05) is 16.6 Å². The smallest absolute Gasteiger partial charge is 0.124 e. The number of imidazole rings is 1. The first-order chi connectivity index (χ1) is 14.1. The van der Waals surface area contributed by atoms with Gasteiger partial charge in [-0.15, -0.1) is 0 Å². The number of ether oxygens (including phenoxy) is 1. The lowest BCUT2D eigenvalue weighted by atomic mass is 10.2. The van der Waals surface area contributed by atoms with Gasteiger partial charge in [0.15, 0.2) is 0 Å². The summed E-state index contributed by atoms with van der Waals surface area (Å²) >= 11 is 15.6. The minimum absolute atomic E-state index is 0.412. The largest absolute Gasteiger partial charge is 0.489 e. The summed E-state index contributed by atoms with van der Waals surface area (Å²) in [5.41, 5.74) is 4.02. The van der Waals surface area contributed by atoms with E-state index >= 15 is 0 Å². The molecule has 1 aromatic heterocycles. The molecule has 4 nitrogen and oxygen atoms in total. The maximum absolute atomic E-state index is 6.09. The Labute approximate surface area is 187 Å². The zero-order valence-electron chi connectivity index (χ0n) is 15.4. The molecule has 2 N–H and O–H groups in total. The van der Waals surface area contributed by atoms with E-state index in [0.717, 1.165) is 38.2 Å². The number of nitrogens with one attached hydrogen (secondary N) is 2. The van der Waals surface area contributed by atoms with Crippen molar-refractivity contribution in [1.29, 1.82) is 0 Å². The molecular weight excluding hydrogens is 473 g/mol. The van der Waals surface area contributed by atoms with Gasteiger partial charge in [0.1, 0.15) is 18.2 Å². The summed E-state index contributed by atoms with van der Waals surface area (Å²) in [4.78, 5) is 7.92. The van der Waals surface area contributed by atoms with Crippen molar-refractivity contribution in [2.75, 3.05) is 0 Å². The van der Waals surface area contributed by atoms with Crippen LogP contribution in [0.15, 0.2) is 65.1 Å². The summed E-state index contributed by atoms with van der Waals surface area (Å²) in [5, 5.41) is 4.49. The number of H-pyrrole nitrogens is 1. The molecule has 0 aliphatic rings. The first kappa shape index (κ1) is 20.2. The Bertz CT molecular complexity index is 1110. The molecule has 0 amide bonds.